The lowest BCUT2D eigenvalue weighted by Gasteiger charge is -2.00. The van der Waals surface area contributed by atoms with Gasteiger partial charge in [-0.2, -0.15) is 0 Å². The Kier molecular flexibility index (Phi) is 4.58. The molecule has 0 saturated heterocycles. The molecule has 0 spiro atoms. The summed E-state index contributed by atoms with van der Waals surface area (Å²) in [4.78, 5) is 11.3. The van der Waals surface area contributed by atoms with Gasteiger partial charge < -0.3 is 9.73 Å². The molecule has 0 fully saturated rings. The van der Waals surface area contributed by atoms with Gasteiger partial charge in [0.2, 0.25) is 5.22 Å². The van der Waals surface area contributed by atoms with Crippen molar-refractivity contribution in [3.8, 4) is 0 Å². The lowest BCUT2D eigenvalue weighted by molar-refractivity contribution is 0.0953. The summed E-state index contributed by atoms with van der Waals surface area (Å²) in [6.45, 7) is 0.670. The lowest BCUT2D eigenvalue weighted by Crippen LogP contribution is -2.24. The normalized spacial score (nSPS) is 10.0. The van der Waals surface area contributed by atoms with Gasteiger partial charge in [0.15, 0.2) is 0 Å². The Morgan fingerprint density at radius 1 is 1.69 bits per heavy atom. The molecule has 1 aromatic rings. The number of halogens is 2. The molecule has 0 unspecified atom stereocenters. The first-order chi connectivity index (χ1) is 6.25. The van der Waals surface area contributed by atoms with Gasteiger partial charge >= 0.3 is 0 Å². The number of furan rings is 1. The topological polar surface area (TPSA) is 42.2 Å². The number of rotatable bonds is 4. The number of amides is 1. The van der Waals surface area contributed by atoms with Crippen LogP contribution in [0.3, 0.4) is 0 Å². The average molecular weight is 314 g/mol. The van der Waals surface area contributed by atoms with Gasteiger partial charge in [0.1, 0.15) is 0 Å². The molecule has 13 heavy (non-hydrogen) atoms. The minimum absolute atomic E-state index is 0.145. The van der Waals surface area contributed by atoms with Gasteiger partial charge in [0.25, 0.3) is 5.91 Å². The van der Waals surface area contributed by atoms with Crippen LogP contribution in [0.4, 0.5) is 0 Å². The third-order valence-electron chi connectivity index (χ3n) is 1.46. The SMILES string of the molecule is O=C(NCCCI)c1ccoc1Cl. The summed E-state index contributed by atoms with van der Waals surface area (Å²) in [5.74, 6) is -0.177. The van der Waals surface area contributed by atoms with E-state index in [1.807, 2.05) is 0 Å². The van der Waals surface area contributed by atoms with Crippen molar-refractivity contribution >= 4 is 40.1 Å². The number of hydrogen-bond acceptors (Lipinski definition) is 2. The first-order valence-electron chi connectivity index (χ1n) is 3.83. The third-order valence-corrected chi connectivity index (χ3v) is 2.51. The fourth-order valence-corrected chi connectivity index (χ4v) is 1.40. The van der Waals surface area contributed by atoms with Crippen LogP contribution < -0.4 is 5.32 Å². The van der Waals surface area contributed by atoms with E-state index >= 15 is 0 Å². The highest BCUT2D eigenvalue weighted by molar-refractivity contribution is 14.1. The van der Waals surface area contributed by atoms with Crippen molar-refractivity contribution in [2.24, 2.45) is 0 Å². The molecule has 0 bridgehead atoms. The van der Waals surface area contributed by atoms with Crippen molar-refractivity contribution in [2.75, 3.05) is 11.0 Å². The lowest BCUT2D eigenvalue weighted by atomic mass is 10.3. The quantitative estimate of drug-likeness (QED) is 0.527. The average Bonchev–Trinajstić information content (AvgIpc) is 2.52. The summed E-state index contributed by atoms with van der Waals surface area (Å²) >= 11 is 7.88. The minimum atomic E-state index is -0.177. The molecule has 5 heteroatoms. The molecule has 72 valence electrons. The van der Waals surface area contributed by atoms with Crippen LogP contribution in [0.1, 0.15) is 16.8 Å². The van der Waals surface area contributed by atoms with E-state index in [1.165, 1.54) is 6.26 Å². The summed E-state index contributed by atoms with van der Waals surface area (Å²) in [5.41, 5.74) is 0.398. The molecule has 0 aromatic carbocycles. The standard InChI is InChI=1S/C8H9ClINO2/c9-7-6(2-5-13-7)8(12)11-4-1-3-10/h2,5H,1,3-4H2,(H,11,12). The van der Waals surface area contributed by atoms with Crippen molar-refractivity contribution in [1.82, 2.24) is 5.32 Å². The number of hydrogen-bond donors (Lipinski definition) is 1. The Morgan fingerprint density at radius 3 is 3.00 bits per heavy atom. The van der Waals surface area contributed by atoms with Crippen LogP contribution >= 0.6 is 34.2 Å². The monoisotopic (exact) mass is 313 g/mol. The minimum Gasteiger partial charge on any atom is -0.452 e. The van der Waals surface area contributed by atoms with E-state index in [4.69, 9.17) is 16.0 Å². The number of carbonyl (C=O) groups is 1. The first-order valence-corrected chi connectivity index (χ1v) is 5.73. The number of alkyl halides is 1. The zero-order valence-electron chi connectivity index (χ0n) is 6.85. The molecule has 0 radical (unpaired) electrons. The van der Waals surface area contributed by atoms with Crippen LogP contribution in [-0.4, -0.2) is 16.9 Å². The van der Waals surface area contributed by atoms with E-state index in [9.17, 15) is 4.79 Å². The molecular formula is C8H9ClINO2. The summed E-state index contributed by atoms with van der Waals surface area (Å²) in [5, 5.41) is 2.88. The van der Waals surface area contributed by atoms with Gasteiger partial charge in [0.05, 0.1) is 11.8 Å². The van der Waals surface area contributed by atoms with Crippen LogP contribution in [0, 0.1) is 0 Å². The summed E-state index contributed by atoms with van der Waals surface area (Å²) in [6.07, 6.45) is 2.36. The predicted molar refractivity (Wildman–Crippen MR) is 59.6 cm³/mol. The second-order valence-electron chi connectivity index (χ2n) is 2.41. The molecule has 0 saturated carbocycles. The van der Waals surface area contributed by atoms with E-state index in [-0.39, 0.29) is 11.1 Å². The van der Waals surface area contributed by atoms with E-state index in [1.54, 1.807) is 6.07 Å². The van der Waals surface area contributed by atoms with E-state index in [0.29, 0.717) is 12.1 Å². The van der Waals surface area contributed by atoms with Gasteiger partial charge in [-0.1, -0.05) is 22.6 Å². The van der Waals surface area contributed by atoms with Crippen molar-refractivity contribution in [3.05, 3.63) is 23.1 Å². The van der Waals surface area contributed by atoms with E-state index in [2.05, 4.69) is 27.9 Å². The van der Waals surface area contributed by atoms with Gasteiger partial charge in [-0.15, -0.1) is 0 Å². The molecule has 1 aromatic heterocycles. The Balaban J connectivity index is 2.45. The zero-order chi connectivity index (χ0) is 9.68. The van der Waals surface area contributed by atoms with Gasteiger partial charge in [-0.3, -0.25) is 4.79 Å². The Hall–Kier alpha value is -0.230. The zero-order valence-corrected chi connectivity index (χ0v) is 9.76. The molecule has 0 atom stereocenters. The molecular weight excluding hydrogens is 304 g/mol. The van der Waals surface area contributed by atoms with Crippen molar-refractivity contribution in [3.63, 3.8) is 0 Å². The molecule has 1 N–H and O–H groups in total. The predicted octanol–water partition coefficient (Wildman–Crippen LogP) is 2.49. The smallest absolute Gasteiger partial charge is 0.256 e. The highest BCUT2D eigenvalue weighted by Crippen LogP contribution is 2.15. The summed E-state index contributed by atoms with van der Waals surface area (Å²) in [7, 11) is 0. The maximum Gasteiger partial charge on any atom is 0.256 e. The van der Waals surface area contributed by atoms with Crippen LogP contribution in [0.2, 0.25) is 5.22 Å². The van der Waals surface area contributed by atoms with Crippen LogP contribution in [0.15, 0.2) is 16.7 Å². The summed E-state index contributed by atoms with van der Waals surface area (Å²) in [6, 6.07) is 1.56. The van der Waals surface area contributed by atoms with Crippen molar-refractivity contribution < 1.29 is 9.21 Å². The third kappa shape index (κ3) is 3.19. The van der Waals surface area contributed by atoms with Gasteiger partial charge in [0, 0.05) is 11.0 Å². The second kappa shape index (κ2) is 5.49. The number of carbonyl (C=O) groups excluding carboxylic acids is 1. The fourth-order valence-electron chi connectivity index (χ4n) is 0.820. The first kappa shape index (κ1) is 10.8. The molecule has 1 amide bonds. The van der Waals surface area contributed by atoms with E-state index in [0.717, 1.165) is 10.8 Å². The van der Waals surface area contributed by atoms with Gasteiger partial charge in [-0.05, 0) is 24.1 Å². The molecule has 3 nitrogen and oxygen atoms in total. The molecule has 0 aliphatic heterocycles. The maximum absolute atomic E-state index is 11.3. The van der Waals surface area contributed by atoms with Crippen LogP contribution in [0.25, 0.3) is 0 Å². The van der Waals surface area contributed by atoms with Crippen molar-refractivity contribution in [1.29, 1.82) is 0 Å². The molecule has 0 aliphatic rings. The van der Waals surface area contributed by atoms with Crippen molar-refractivity contribution in [2.45, 2.75) is 6.42 Å². The Labute approximate surface area is 95.0 Å². The molecule has 0 aliphatic carbocycles. The fraction of sp³-hybridized carbons (Fsp3) is 0.375. The van der Waals surface area contributed by atoms with Crippen LogP contribution in [0.5, 0.6) is 0 Å². The largest absolute Gasteiger partial charge is 0.452 e. The van der Waals surface area contributed by atoms with Gasteiger partial charge in [-0.25, -0.2) is 0 Å². The maximum atomic E-state index is 11.3. The highest BCUT2D eigenvalue weighted by Gasteiger charge is 2.11. The Morgan fingerprint density at radius 2 is 2.46 bits per heavy atom. The molecule has 1 rings (SSSR count). The van der Waals surface area contributed by atoms with Crippen LogP contribution in [-0.2, 0) is 0 Å². The highest BCUT2D eigenvalue weighted by atomic mass is 127. The Bertz CT molecular complexity index is 287. The second-order valence-corrected chi connectivity index (χ2v) is 3.83. The van der Waals surface area contributed by atoms with E-state index < -0.39 is 0 Å². The molecule has 1 heterocycles. The summed E-state index contributed by atoms with van der Waals surface area (Å²) < 4.78 is 5.82. The number of nitrogens with one attached hydrogen (secondary N) is 1.